The summed E-state index contributed by atoms with van der Waals surface area (Å²) in [6.07, 6.45) is 0. The van der Waals surface area contributed by atoms with E-state index in [0.29, 0.717) is 16.5 Å². The summed E-state index contributed by atoms with van der Waals surface area (Å²) >= 11 is 3.20. The third-order valence-corrected chi connectivity index (χ3v) is 4.34. The molecule has 0 saturated heterocycles. The van der Waals surface area contributed by atoms with Crippen molar-refractivity contribution >= 4 is 21.8 Å². The van der Waals surface area contributed by atoms with E-state index in [4.69, 9.17) is 8.83 Å². The van der Waals surface area contributed by atoms with Crippen LogP contribution in [0.1, 0.15) is 28.1 Å². The number of carbonyl (C=O) groups excluding carboxylic acids is 1. The molecule has 4 aromatic rings. The topological polar surface area (TPSA) is 81.2 Å². The van der Waals surface area contributed by atoms with E-state index >= 15 is 0 Å². The van der Waals surface area contributed by atoms with Crippen molar-refractivity contribution in [2.75, 3.05) is 0 Å². The van der Waals surface area contributed by atoms with Crippen LogP contribution >= 0.6 is 15.9 Å². The van der Waals surface area contributed by atoms with E-state index in [1.165, 1.54) is 0 Å². The number of amides is 1. The van der Waals surface area contributed by atoms with Crippen LogP contribution in [0.15, 0.2) is 86.3 Å². The molecule has 0 aliphatic heterocycles. The van der Waals surface area contributed by atoms with Crippen molar-refractivity contribution in [3.05, 3.63) is 94.7 Å². The summed E-state index contributed by atoms with van der Waals surface area (Å²) in [4.78, 5) is 12.6. The average Bonchev–Trinajstić information content (AvgIpc) is 3.37. The lowest BCUT2D eigenvalue weighted by Crippen LogP contribution is -2.29. The fourth-order valence-corrected chi connectivity index (χ4v) is 2.93. The summed E-state index contributed by atoms with van der Waals surface area (Å²) in [5.41, 5.74) is 1.63. The fourth-order valence-electron chi connectivity index (χ4n) is 2.62. The van der Waals surface area contributed by atoms with Crippen molar-refractivity contribution in [3.63, 3.8) is 0 Å². The van der Waals surface area contributed by atoms with Gasteiger partial charge in [0.05, 0.1) is 0 Å². The van der Waals surface area contributed by atoms with Crippen molar-refractivity contribution in [3.8, 4) is 11.5 Å². The van der Waals surface area contributed by atoms with Gasteiger partial charge in [-0.3, -0.25) is 4.79 Å². The largest absolute Gasteiger partial charge is 0.444 e. The average molecular weight is 424 g/mol. The lowest BCUT2D eigenvalue weighted by atomic mass is 10.1. The maximum atomic E-state index is 12.6. The van der Waals surface area contributed by atoms with Gasteiger partial charge in [-0.2, -0.15) is 0 Å². The molecule has 27 heavy (non-hydrogen) atoms. The molecular weight excluding hydrogens is 410 g/mol. The Kier molecular flexibility index (Phi) is 4.84. The van der Waals surface area contributed by atoms with Crippen molar-refractivity contribution in [2.24, 2.45) is 0 Å². The molecule has 2 aromatic carbocycles. The highest BCUT2D eigenvalue weighted by Crippen LogP contribution is 2.25. The van der Waals surface area contributed by atoms with Crippen molar-refractivity contribution in [2.45, 2.75) is 6.04 Å². The van der Waals surface area contributed by atoms with Crippen LogP contribution in [-0.4, -0.2) is 16.1 Å². The summed E-state index contributed by atoms with van der Waals surface area (Å²) in [6, 6.07) is 21.5. The van der Waals surface area contributed by atoms with Crippen molar-refractivity contribution < 1.29 is 13.6 Å². The number of benzene rings is 2. The molecule has 0 aliphatic rings. The minimum absolute atomic E-state index is 0.186. The van der Waals surface area contributed by atoms with Crippen LogP contribution in [0.25, 0.3) is 11.5 Å². The monoisotopic (exact) mass is 423 g/mol. The Balaban J connectivity index is 1.67. The second-order valence-electron chi connectivity index (χ2n) is 5.73. The first-order valence-corrected chi connectivity index (χ1v) is 9.00. The zero-order chi connectivity index (χ0) is 18.6. The molecule has 2 heterocycles. The van der Waals surface area contributed by atoms with Crippen LogP contribution in [0, 0.1) is 0 Å². The van der Waals surface area contributed by atoms with Crippen molar-refractivity contribution in [1.29, 1.82) is 0 Å². The SMILES string of the molecule is O=C(N[C@H](c1ccccc1)c1nnc(-c2ccccc2)o1)c1ccc(Br)o1. The van der Waals surface area contributed by atoms with Gasteiger partial charge in [0.15, 0.2) is 10.4 Å². The van der Waals surface area contributed by atoms with Gasteiger partial charge in [-0.1, -0.05) is 48.5 Å². The molecule has 0 radical (unpaired) electrons. The van der Waals surface area contributed by atoms with Crippen LogP contribution in [0.2, 0.25) is 0 Å². The van der Waals surface area contributed by atoms with Gasteiger partial charge in [0, 0.05) is 5.56 Å². The van der Waals surface area contributed by atoms with Crippen molar-refractivity contribution in [1.82, 2.24) is 15.5 Å². The molecular formula is C20H14BrN3O3. The van der Waals surface area contributed by atoms with Gasteiger partial charge >= 0.3 is 0 Å². The summed E-state index contributed by atoms with van der Waals surface area (Å²) < 4.78 is 11.7. The highest BCUT2D eigenvalue weighted by Gasteiger charge is 2.25. The molecule has 2 aromatic heterocycles. The number of carbonyl (C=O) groups is 1. The van der Waals surface area contributed by atoms with Gasteiger partial charge in [-0.05, 0) is 45.8 Å². The predicted octanol–water partition coefficient (Wildman–Crippen LogP) is 4.61. The van der Waals surface area contributed by atoms with Crippen LogP contribution in [0.4, 0.5) is 0 Å². The first kappa shape index (κ1) is 17.2. The van der Waals surface area contributed by atoms with E-state index in [-0.39, 0.29) is 11.7 Å². The molecule has 1 amide bonds. The number of rotatable bonds is 5. The van der Waals surface area contributed by atoms with Gasteiger partial charge in [0.1, 0.15) is 6.04 Å². The van der Waals surface area contributed by atoms with E-state index in [1.807, 2.05) is 60.7 Å². The van der Waals surface area contributed by atoms with Crippen LogP contribution < -0.4 is 5.32 Å². The fraction of sp³-hybridized carbons (Fsp3) is 0.0500. The Morgan fingerprint density at radius 3 is 2.26 bits per heavy atom. The van der Waals surface area contributed by atoms with E-state index < -0.39 is 6.04 Å². The maximum Gasteiger partial charge on any atom is 0.287 e. The molecule has 0 spiro atoms. The minimum atomic E-state index is -0.604. The maximum absolute atomic E-state index is 12.6. The molecule has 0 bridgehead atoms. The zero-order valence-corrected chi connectivity index (χ0v) is 15.6. The van der Waals surface area contributed by atoms with E-state index in [1.54, 1.807) is 12.1 Å². The number of aromatic nitrogens is 2. The molecule has 7 heteroatoms. The van der Waals surface area contributed by atoms with Gasteiger partial charge < -0.3 is 14.2 Å². The van der Waals surface area contributed by atoms with E-state index in [9.17, 15) is 4.79 Å². The number of nitrogens with one attached hydrogen (secondary N) is 1. The molecule has 6 nitrogen and oxygen atoms in total. The number of nitrogens with zero attached hydrogens (tertiary/aromatic N) is 2. The molecule has 4 rings (SSSR count). The van der Waals surface area contributed by atoms with Crippen LogP contribution in [-0.2, 0) is 0 Å². The van der Waals surface area contributed by atoms with E-state index in [0.717, 1.165) is 11.1 Å². The van der Waals surface area contributed by atoms with E-state index in [2.05, 4.69) is 31.4 Å². The lowest BCUT2D eigenvalue weighted by Gasteiger charge is -2.14. The zero-order valence-electron chi connectivity index (χ0n) is 14.0. The second kappa shape index (κ2) is 7.59. The number of furan rings is 1. The molecule has 0 fully saturated rings. The number of halogens is 1. The highest BCUT2D eigenvalue weighted by molar-refractivity contribution is 9.10. The standard InChI is InChI=1S/C20H14BrN3O3/c21-16-12-11-15(26-16)18(25)22-17(13-7-3-1-4-8-13)20-24-23-19(27-20)14-9-5-2-6-10-14/h1-12,17H,(H,22,25)/t17-/m1/s1. The molecule has 1 atom stereocenters. The molecule has 0 saturated carbocycles. The number of hydrogen-bond acceptors (Lipinski definition) is 5. The first-order valence-electron chi connectivity index (χ1n) is 8.20. The highest BCUT2D eigenvalue weighted by atomic mass is 79.9. The predicted molar refractivity (Wildman–Crippen MR) is 102 cm³/mol. The summed E-state index contributed by atoms with van der Waals surface area (Å²) in [7, 11) is 0. The second-order valence-corrected chi connectivity index (χ2v) is 6.51. The molecule has 0 unspecified atom stereocenters. The minimum Gasteiger partial charge on any atom is -0.444 e. The summed E-state index contributed by atoms with van der Waals surface area (Å²) in [6.45, 7) is 0. The number of hydrogen-bond donors (Lipinski definition) is 1. The van der Waals surface area contributed by atoms with Gasteiger partial charge in [0.25, 0.3) is 5.91 Å². The summed E-state index contributed by atoms with van der Waals surface area (Å²) in [5.74, 6) is 0.486. The van der Waals surface area contributed by atoms with Crippen LogP contribution in [0.3, 0.4) is 0 Å². The van der Waals surface area contributed by atoms with Gasteiger partial charge in [0.2, 0.25) is 11.8 Å². The Bertz CT molecular complexity index is 1040. The Morgan fingerprint density at radius 1 is 0.889 bits per heavy atom. The third kappa shape index (κ3) is 3.83. The summed E-state index contributed by atoms with van der Waals surface area (Å²) in [5, 5.41) is 11.2. The first-order chi connectivity index (χ1) is 13.2. The Hall–Kier alpha value is -3.19. The van der Waals surface area contributed by atoms with Gasteiger partial charge in [-0.25, -0.2) is 0 Å². The Morgan fingerprint density at radius 2 is 1.59 bits per heavy atom. The smallest absolute Gasteiger partial charge is 0.287 e. The lowest BCUT2D eigenvalue weighted by molar-refractivity contribution is 0.0908. The molecule has 1 N–H and O–H groups in total. The quantitative estimate of drug-likeness (QED) is 0.506. The van der Waals surface area contributed by atoms with Gasteiger partial charge in [-0.15, -0.1) is 10.2 Å². The van der Waals surface area contributed by atoms with Crippen LogP contribution in [0.5, 0.6) is 0 Å². The molecule has 0 aliphatic carbocycles. The normalized spacial score (nSPS) is 11.9. The molecule has 134 valence electrons. The Labute approximate surface area is 163 Å². The third-order valence-electron chi connectivity index (χ3n) is 3.91.